The minimum atomic E-state index is -4.70. The highest BCUT2D eigenvalue weighted by molar-refractivity contribution is 6.36. The van der Waals surface area contributed by atoms with Crippen molar-refractivity contribution in [2.45, 2.75) is 13.1 Å². The predicted octanol–water partition coefficient (Wildman–Crippen LogP) is 3.66. The van der Waals surface area contributed by atoms with E-state index in [9.17, 15) is 18.0 Å². The molecule has 2 N–H and O–H groups in total. The Hall–Kier alpha value is -4.35. The second-order valence-corrected chi connectivity index (χ2v) is 7.95. The Labute approximate surface area is 197 Å². The lowest BCUT2D eigenvalue weighted by Gasteiger charge is -2.28. The highest BCUT2D eigenvalue weighted by Crippen LogP contribution is 2.37. The van der Waals surface area contributed by atoms with Crippen molar-refractivity contribution in [3.63, 3.8) is 0 Å². The summed E-state index contributed by atoms with van der Waals surface area (Å²) in [4.78, 5) is 28.2. The van der Waals surface area contributed by atoms with Crippen LogP contribution in [0, 0.1) is 6.92 Å². The molecule has 1 aromatic carbocycles. The summed E-state index contributed by atoms with van der Waals surface area (Å²) in [5.41, 5.74) is 2.36. The summed E-state index contributed by atoms with van der Waals surface area (Å²) < 4.78 is 38.8. The summed E-state index contributed by atoms with van der Waals surface area (Å²) >= 11 is 0. The number of amidine groups is 1. The number of aromatic nitrogens is 4. The van der Waals surface area contributed by atoms with E-state index in [4.69, 9.17) is 0 Å². The van der Waals surface area contributed by atoms with Gasteiger partial charge in [-0.25, -0.2) is 4.98 Å². The van der Waals surface area contributed by atoms with Gasteiger partial charge in [0.1, 0.15) is 11.7 Å². The number of carbonyl (C=O) groups excluding carboxylic acids is 1. The van der Waals surface area contributed by atoms with Crippen molar-refractivity contribution >= 4 is 40.8 Å². The van der Waals surface area contributed by atoms with Crippen LogP contribution in [0.3, 0.4) is 0 Å². The van der Waals surface area contributed by atoms with Gasteiger partial charge in [-0.1, -0.05) is 6.07 Å². The first-order chi connectivity index (χ1) is 16.7. The van der Waals surface area contributed by atoms with Gasteiger partial charge in [0.15, 0.2) is 5.69 Å². The Bertz CT molecular complexity index is 1400. The molecule has 0 aliphatic carbocycles. The summed E-state index contributed by atoms with van der Waals surface area (Å²) in [6, 6.07) is 5.95. The van der Waals surface area contributed by atoms with Crippen LogP contribution in [0.1, 0.15) is 32.7 Å². The number of carbonyl (C=O) groups is 1. The predicted molar refractivity (Wildman–Crippen MR) is 125 cm³/mol. The van der Waals surface area contributed by atoms with Crippen LogP contribution in [-0.4, -0.2) is 52.0 Å². The van der Waals surface area contributed by atoms with Crippen molar-refractivity contribution in [3.8, 4) is 0 Å². The number of hydrogen-bond donors (Lipinski definition) is 2. The van der Waals surface area contributed by atoms with Crippen molar-refractivity contribution in [2.24, 2.45) is 4.99 Å². The molecule has 0 atom stereocenters. The van der Waals surface area contributed by atoms with Gasteiger partial charge in [-0.05, 0) is 42.3 Å². The van der Waals surface area contributed by atoms with Crippen molar-refractivity contribution in [2.75, 3.05) is 35.7 Å². The normalized spacial score (nSPS) is 14.6. The molecule has 2 aromatic heterocycles. The van der Waals surface area contributed by atoms with Crippen molar-refractivity contribution < 1.29 is 18.0 Å². The minimum absolute atomic E-state index is 0.246. The van der Waals surface area contributed by atoms with Gasteiger partial charge in [0, 0.05) is 36.6 Å². The topological polar surface area (TPSA) is 108 Å². The number of alkyl halides is 3. The number of anilines is 3. The number of fused-ring (bicyclic) bond motifs is 3. The Balaban J connectivity index is 1.49. The zero-order valence-electron chi connectivity index (χ0n) is 18.7. The highest BCUT2D eigenvalue weighted by atomic mass is 19.4. The highest BCUT2D eigenvalue weighted by Gasteiger charge is 2.34. The molecule has 0 saturated heterocycles. The van der Waals surface area contributed by atoms with Crippen LogP contribution < -0.4 is 15.5 Å². The minimum Gasteiger partial charge on any atom is -0.357 e. The Morgan fingerprint density at radius 2 is 2.00 bits per heavy atom. The molecule has 0 fully saturated rings. The van der Waals surface area contributed by atoms with Gasteiger partial charge in [-0.3, -0.25) is 9.79 Å². The Kier molecular flexibility index (Phi) is 5.42. The van der Waals surface area contributed by atoms with Crippen LogP contribution in [-0.2, 0) is 6.18 Å². The number of benzene rings is 1. The third-order valence-corrected chi connectivity index (χ3v) is 5.65. The molecule has 0 saturated carbocycles. The molecule has 178 valence electrons. The molecule has 0 unspecified atom stereocenters. The van der Waals surface area contributed by atoms with E-state index >= 15 is 0 Å². The molecule has 3 aromatic rings. The number of aryl methyl sites for hydroxylation is 1. The largest absolute Gasteiger partial charge is 0.435 e. The molecule has 0 spiro atoms. The fraction of sp³-hybridized carbons (Fsp3) is 0.217. The summed E-state index contributed by atoms with van der Waals surface area (Å²) in [6.07, 6.45) is -0.0227. The Morgan fingerprint density at radius 3 is 2.77 bits per heavy atom. The first-order valence-electron chi connectivity index (χ1n) is 10.7. The molecule has 2 aliphatic rings. The number of rotatable bonds is 4. The summed E-state index contributed by atoms with van der Waals surface area (Å²) in [7, 11) is 1.75. The first-order valence-corrected chi connectivity index (χ1v) is 10.7. The number of nitrogens with one attached hydrogen (secondary N) is 2. The number of aliphatic imine (C=N–C) groups is 1. The molecule has 4 heterocycles. The SMILES string of the molecule is CNc1ncc2c(n1)N1CCN=C1C(c1cc(NC(=O)c3cnnc(C(F)(F)F)c3)ccc1C)=C2. The third kappa shape index (κ3) is 4.18. The van der Waals surface area contributed by atoms with Gasteiger partial charge in [0.05, 0.1) is 18.3 Å². The number of amides is 1. The van der Waals surface area contributed by atoms with Crippen LogP contribution >= 0.6 is 0 Å². The molecule has 1 amide bonds. The van der Waals surface area contributed by atoms with Gasteiger partial charge in [0.25, 0.3) is 5.91 Å². The molecule has 12 heteroatoms. The average molecular weight is 480 g/mol. The lowest BCUT2D eigenvalue weighted by atomic mass is 9.94. The van der Waals surface area contributed by atoms with Crippen LogP contribution in [0.2, 0.25) is 0 Å². The molecule has 2 aliphatic heterocycles. The zero-order chi connectivity index (χ0) is 24.7. The monoisotopic (exact) mass is 480 g/mol. The number of nitrogens with zero attached hydrogens (tertiary/aromatic N) is 6. The van der Waals surface area contributed by atoms with Gasteiger partial charge in [0.2, 0.25) is 5.95 Å². The fourth-order valence-electron chi connectivity index (χ4n) is 3.95. The van der Waals surface area contributed by atoms with Crippen LogP contribution in [0.15, 0.2) is 41.7 Å². The maximum Gasteiger partial charge on any atom is 0.435 e. The van der Waals surface area contributed by atoms with E-state index in [1.165, 1.54) is 0 Å². The smallest absolute Gasteiger partial charge is 0.357 e. The van der Waals surface area contributed by atoms with Crippen LogP contribution in [0.25, 0.3) is 11.6 Å². The zero-order valence-corrected chi connectivity index (χ0v) is 18.7. The maximum atomic E-state index is 12.9. The maximum absolute atomic E-state index is 12.9. The molecular formula is C23H19F3N8O. The van der Waals surface area contributed by atoms with Crippen molar-refractivity contribution in [1.82, 2.24) is 20.2 Å². The quantitative estimate of drug-likeness (QED) is 0.587. The fourth-order valence-corrected chi connectivity index (χ4v) is 3.95. The van der Waals surface area contributed by atoms with Crippen molar-refractivity contribution in [1.29, 1.82) is 0 Å². The molecule has 35 heavy (non-hydrogen) atoms. The lowest BCUT2D eigenvalue weighted by molar-refractivity contribution is -0.141. The van der Waals surface area contributed by atoms with Crippen molar-refractivity contribution in [3.05, 3.63) is 64.6 Å². The molecule has 0 bridgehead atoms. The van der Waals surface area contributed by atoms with Gasteiger partial charge in [-0.15, -0.1) is 5.10 Å². The first kappa shape index (κ1) is 22.4. The standard InChI is InChI=1S/C23H19F3N8O/c1-12-3-4-15(31-21(35)14-8-18(23(24,25)26)33-30-11-14)9-16(12)17-7-13-10-29-22(27-2)32-19(13)34-6-5-28-20(17)34/h3-4,7-11H,5-6H2,1-2H3,(H,31,35)(H,27,29,32). The van der Waals surface area contributed by atoms with E-state index in [1.54, 1.807) is 25.4 Å². The summed E-state index contributed by atoms with van der Waals surface area (Å²) in [6.45, 7) is 3.21. The van der Waals surface area contributed by atoms with E-state index in [1.807, 2.05) is 24.0 Å². The average Bonchev–Trinajstić information content (AvgIpc) is 3.34. The van der Waals surface area contributed by atoms with Gasteiger partial charge < -0.3 is 15.5 Å². The van der Waals surface area contributed by atoms with Crippen LogP contribution in [0.4, 0.5) is 30.6 Å². The van der Waals surface area contributed by atoms with Gasteiger partial charge >= 0.3 is 6.18 Å². The molecule has 0 radical (unpaired) electrons. The second-order valence-electron chi connectivity index (χ2n) is 7.95. The third-order valence-electron chi connectivity index (χ3n) is 5.65. The van der Waals surface area contributed by atoms with Gasteiger partial charge in [-0.2, -0.15) is 23.3 Å². The number of hydrogen-bond acceptors (Lipinski definition) is 8. The summed E-state index contributed by atoms with van der Waals surface area (Å²) in [5.74, 6) is 1.30. The second kappa shape index (κ2) is 8.46. The van der Waals surface area contributed by atoms with E-state index in [2.05, 4.69) is 35.8 Å². The molecular weight excluding hydrogens is 461 g/mol. The summed E-state index contributed by atoms with van der Waals surface area (Å²) in [5, 5.41) is 12.0. The Morgan fingerprint density at radius 1 is 1.17 bits per heavy atom. The van der Waals surface area contributed by atoms with E-state index in [0.29, 0.717) is 30.8 Å². The van der Waals surface area contributed by atoms with E-state index in [0.717, 1.165) is 40.1 Å². The van der Waals surface area contributed by atoms with Crippen LogP contribution in [0.5, 0.6) is 0 Å². The lowest BCUT2D eigenvalue weighted by Crippen LogP contribution is -2.32. The van der Waals surface area contributed by atoms with E-state index < -0.39 is 17.8 Å². The number of halogens is 3. The van der Waals surface area contributed by atoms with E-state index in [-0.39, 0.29) is 5.56 Å². The molecule has 5 rings (SSSR count). The molecule has 9 nitrogen and oxygen atoms in total.